The summed E-state index contributed by atoms with van der Waals surface area (Å²) in [5.41, 5.74) is 0.843. The lowest BCUT2D eigenvalue weighted by Crippen LogP contribution is -2.34. The van der Waals surface area contributed by atoms with Gasteiger partial charge in [0.05, 0.1) is 13.2 Å². The minimum atomic E-state index is -0.322. The highest BCUT2D eigenvalue weighted by Crippen LogP contribution is 2.12. The van der Waals surface area contributed by atoms with Crippen LogP contribution in [0.2, 0.25) is 0 Å². The van der Waals surface area contributed by atoms with Crippen LogP contribution in [0.3, 0.4) is 0 Å². The van der Waals surface area contributed by atoms with Gasteiger partial charge in [-0.25, -0.2) is 0 Å². The van der Waals surface area contributed by atoms with Gasteiger partial charge in [0, 0.05) is 5.69 Å². The quantitative estimate of drug-likeness (QED) is 0.703. The first-order valence-corrected chi connectivity index (χ1v) is 5.58. The molecule has 4 heteroatoms. The van der Waals surface area contributed by atoms with E-state index >= 15 is 0 Å². The topological polar surface area (TPSA) is 46.6 Å². The highest BCUT2D eigenvalue weighted by Gasteiger charge is 2.13. The second-order valence-corrected chi connectivity index (χ2v) is 3.70. The third-order valence-electron chi connectivity index (χ3n) is 2.16. The molecule has 0 saturated heterocycles. The number of carbonyl (C=O) groups is 2. The van der Waals surface area contributed by atoms with Crippen molar-refractivity contribution in [3.8, 4) is 0 Å². The minimum absolute atomic E-state index is 0.0122. The maximum Gasteiger partial charge on any atom is 0.325 e. The van der Waals surface area contributed by atoms with Gasteiger partial charge < -0.3 is 9.64 Å². The number of anilines is 1. The summed E-state index contributed by atoms with van der Waals surface area (Å²) < 4.78 is 4.88. The zero-order chi connectivity index (χ0) is 12.7. The maximum absolute atomic E-state index is 11.4. The Morgan fingerprint density at radius 3 is 2.35 bits per heavy atom. The molecule has 0 aliphatic heterocycles. The van der Waals surface area contributed by atoms with Crippen LogP contribution in [0.5, 0.6) is 0 Å². The van der Waals surface area contributed by atoms with Crippen LogP contribution in [0.15, 0.2) is 30.3 Å². The molecule has 0 aliphatic carbocycles. The van der Waals surface area contributed by atoms with Gasteiger partial charge in [0.15, 0.2) is 0 Å². The third kappa shape index (κ3) is 4.68. The number of rotatable bonds is 6. The lowest BCUT2D eigenvalue weighted by molar-refractivity contribution is -0.141. The molecule has 0 aromatic heterocycles. The summed E-state index contributed by atoms with van der Waals surface area (Å²) >= 11 is 0. The molecule has 0 fully saturated rings. The molecule has 0 unspecified atom stereocenters. The van der Waals surface area contributed by atoms with Crippen molar-refractivity contribution in [2.24, 2.45) is 0 Å². The number of hydrogen-bond acceptors (Lipinski definition) is 4. The van der Waals surface area contributed by atoms with Crippen LogP contribution in [0.25, 0.3) is 0 Å². The summed E-state index contributed by atoms with van der Waals surface area (Å²) in [6.45, 7) is 3.92. The molecule has 4 nitrogen and oxygen atoms in total. The van der Waals surface area contributed by atoms with Gasteiger partial charge in [0.2, 0.25) is 0 Å². The third-order valence-corrected chi connectivity index (χ3v) is 2.16. The van der Waals surface area contributed by atoms with Gasteiger partial charge in [-0.15, -0.1) is 0 Å². The summed E-state index contributed by atoms with van der Waals surface area (Å²) in [6, 6.07) is 9.35. The van der Waals surface area contributed by atoms with E-state index in [0.29, 0.717) is 6.61 Å². The van der Waals surface area contributed by atoms with Crippen LogP contribution in [-0.4, -0.2) is 31.4 Å². The molecule has 92 valence electrons. The number of benzene rings is 1. The molecule has 0 N–H and O–H groups in total. The predicted octanol–water partition coefficient (Wildman–Crippen LogP) is 1.65. The molecule has 0 amide bonds. The molecule has 0 heterocycles. The monoisotopic (exact) mass is 235 g/mol. The molecule has 0 saturated carbocycles. The molecule has 0 atom stereocenters. The van der Waals surface area contributed by atoms with E-state index in [0.717, 1.165) is 5.69 Å². The Hall–Kier alpha value is -1.84. The van der Waals surface area contributed by atoms with Gasteiger partial charge in [-0.3, -0.25) is 9.59 Å². The number of ether oxygens (including phenoxy) is 1. The van der Waals surface area contributed by atoms with Crippen molar-refractivity contribution >= 4 is 17.4 Å². The van der Waals surface area contributed by atoms with Crippen molar-refractivity contribution in [1.29, 1.82) is 0 Å². The number of para-hydroxylation sites is 1. The predicted molar refractivity (Wildman–Crippen MR) is 66.0 cm³/mol. The van der Waals surface area contributed by atoms with Crippen molar-refractivity contribution in [2.75, 3.05) is 24.6 Å². The Morgan fingerprint density at radius 1 is 1.18 bits per heavy atom. The second kappa shape index (κ2) is 6.68. The number of ketones is 1. The van der Waals surface area contributed by atoms with Crippen LogP contribution in [0.4, 0.5) is 5.69 Å². The molecule has 17 heavy (non-hydrogen) atoms. The van der Waals surface area contributed by atoms with Gasteiger partial charge in [0.25, 0.3) is 0 Å². The average molecular weight is 235 g/mol. The van der Waals surface area contributed by atoms with Crippen LogP contribution in [0.1, 0.15) is 13.8 Å². The minimum Gasteiger partial charge on any atom is -0.465 e. The van der Waals surface area contributed by atoms with E-state index in [1.165, 1.54) is 6.92 Å². The maximum atomic E-state index is 11.4. The number of hydrogen-bond donors (Lipinski definition) is 0. The van der Waals surface area contributed by atoms with Gasteiger partial charge in [-0.1, -0.05) is 18.2 Å². The average Bonchev–Trinajstić information content (AvgIpc) is 2.29. The second-order valence-electron chi connectivity index (χ2n) is 3.70. The summed E-state index contributed by atoms with van der Waals surface area (Å²) in [5.74, 6) is -0.309. The molecule has 1 rings (SSSR count). The number of carbonyl (C=O) groups excluding carboxylic acids is 2. The Balaban J connectivity index is 2.74. The Morgan fingerprint density at radius 2 is 1.82 bits per heavy atom. The van der Waals surface area contributed by atoms with Gasteiger partial charge in [0.1, 0.15) is 12.3 Å². The Labute approximate surface area is 101 Å². The number of nitrogens with zero attached hydrogens (tertiary/aromatic N) is 1. The van der Waals surface area contributed by atoms with E-state index in [1.807, 2.05) is 30.3 Å². The van der Waals surface area contributed by atoms with Crippen LogP contribution >= 0.6 is 0 Å². The molecule has 0 aliphatic rings. The first kappa shape index (κ1) is 13.2. The number of esters is 1. The van der Waals surface area contributed by atoms with Crippen LogP contribution in [-0.2, 0) is 14.3 Å². The van der Waals surface area contributed by atoms with Gasteiger partial charge in [-0.2, -0.15) is 0 Å². The van der Waals surface area contributed by atoms with Crippen molar-refractivity contribution < 1.29 is 14.3 Å². The van der Waals surface area contributed by atoms with E-state index in [4.69, 9.17) is 4.74 Å². The van der Waals surface area contributed by atoms with E-state index in [-0.39, 0.29) is 24.8 Å². The lowest BCUT2D eigenvalue weighted by atomic mass is 10.2. The molecule has 0 spiro atoms. The van der Waals surface area contributed by atoms with Crippen molar-refractivity contribution in [3.05, 3.63) is 30.3 Å². The summed E-state index contributed by atoms with van der Waals surface area (Å²) in [5, 5.41) is 0. The molecular formula is C13H17NO3. The van der Waals surface area contributed by atoms with Crippen LogP contribution < -0.4 is 4.90 Å². The fraction of sp³-hybridized carbons (Fsp3) is 0.385. The fourth-order valence-electron chi connectivity index (χ4n) is 1.51. The summed E-state index contributed by atoms with van der Waals surface area (Å²) in [4.78, 5) is 24.3. The smallest absolute Gasteiger partial charge is 0.325 e. The highest BCUT2D eigenvalue weighted by molar-refractivity contribution is 5.84. The first-order chi connectivity index (χ1) is 8.13. The number of Topliss-reactive ketones (excluding diaryl/α,β-unsaturated/α-hetero) is 1. The SMILES string of the molecule is CCOC(=O)CN(CC(C)=O)c1ccccc1. The lowest BCUT2D eigenvalue weighted by Gasteiger charge is -2.22. The van der Waals surface area contributed by atoms with Crippen molar-refractivity contribution in [3.63, 3.8) is 0 Å². The fourth-order valence-corrected chi connectivity index (χ4v) is 1.51. The van der Waals surface area contributed by atoms with E-state index in [2.05, 4.69) is 0 Å². The summed E-state index contributed by atoms with van der Waals surface area (Å²) in [7, 11) is 0. The zero-order valence-corrected chi connectivity index (χ0v) is 10.2. The molecule has 1 aromatic rings. The van der Waals surface area contributed by atoms with Crippen LogP contribution in [0, 0.1) is 0 Å². The van der Waals surface area contributed by atoms with Crippen molar-refractivity contribution in [1.82, 2.24) is 0 Å². The van der Waals surface area contributed by atoms with Gasteiger partial charge >= 0.3 is 5.97 Å². The molecule has 0 bridgehead atoms. The normalized spacial score (nSPS) is 9.76. The zero-order valence-electron chi connectivity index (χ0n) is 10.2. The van der Waals surface area contributed by atoms with E-state index < -0.39 is 0 Å². The Kier molecular flexibility index (Phi) is 5.20. The Bertz CT molecular complexity index is 376. The highest BCUT2D eigenvalue weighted by atomic mass is 16.5. The van der Waals surface area contributed by atoms with E-state index in [1.54, 1.807) is 11.8 Å². The standard InChI is InChI=1S/C13H17NO3/c1-3-17-13(16)10-14(9-11(2)15)12-7-5-4-6-8-12/h4-8H,3,9-10H2,1-2H3. The summed E-state index contributed by atoms with van der Waals surface area (Å²) in [6.07, 6.45) is 0. The van der Waals surface area contributed by atoms with Gasteiger partial charge in [-0.05, 0) is 26.0 Å². The molecule has 1 aromatic carbocycles. The van der Waals surface area contributed by atoms with Crippen molar-refractivity contribution in [2.45, 2.75) is 13.8 Å². The largest absolute Gasteiger partial charge is 0.465 e. The first-order valence-electron chi connectivity index (χ1n) is 5.58. The molecular weight excluding hydrogens is 218 g/mol. The van der Waals surface area contributed by atoms with E-state index in [9.17, 15) is 9.59 Å². The molecule has 0 radical (unpaired) electrons.